The van der Waals surface area contributed by atoms with Gasteiger partial charge in [-0.25, -0.2) is 0 Å². The van der Waals surface area contributed by atoms with Gasteiger partial charge in [-0.2, -0.15) is 13.2 Å². The van der Waals surface area contributed by atoms with E-state index in [1.54, 1.807) is 6.92 Å². The average Bonchev–Trinajstić information content (AvgIpc) is 2.10. The predicted molar refractivity (Wildman–Crippen MR) is 69.6 cm³/mol. The molecule has 2 unspecified atom stereocenters. The molecule has 0 aromatic carbocycles. The summed E-state index contributed by atoms with van der Waals surface area (Å²) in [4.78, 5) is 0. The van der Waals surface area contributed by atoms with Crippen LogP contribution in [0.1, 0.15) is 55.4 Å². The van der Waals surface area contributed by atoms with Crippen LogP contribution in [-0.2, 0) is 4.74 Å². The summed E-state index contributed by atoms with van der Waals surface area (Å²) in [5.41, 5.74) is -1.68. The average molecular weight is 284 g/mol. The number of aliphatic hydroxyl groups is 1. The van der Waals surface area contributed by atoms with Crippen molar-refractivity contribution in [1.29, 1.82) is 0 Å². The first-order valence-corrected chi connectivity index (χ1v) is 6.45. The molecule has 1 N–H and O–H groups in total. The van der Waals surface area contributed by atoms with Crippen molar-refractivity contribution in [2.24, 2.45) is 16.2 Å². The summed E-state index contributed by atoms with van der Waals surface area (Å²) < 4.78 is 42.5. The first-order chi connectivity index (χ1) is 8.05. The van der Waals surface area contributed by atoms with Crippen molar-refractivity contribution < 1.29 is 23.0 Å². The van der Waals surface area contributed by atoms with Gasteiger partial charge in [0.1, 0.15) is 0 Å². The van der Waals surface area contributed by atoms with Crippen molar-refractivity contribution in [3.63, 3.8) is 0 Å². The standard InChI is InChI=1S/C14H27F3O2/c1-9(14(15,16)17)19-10(18)13(8,11(2,3)4)12(5,6)7/h9-10,18H,1-8H3. The zero-order valence-electron chi connectivity index (χ0n) is 13.1. The molecule has 0 spiro atoms. The van der Waals surface area contributed by atoms with E-state index in [9.17, 15) is 18.3 Å². The normalized spacial score (nSPS) is 18.3. The van der Waals surface area contributed by atoms with Crippen molar-refractivity contribution in [3.05, 3.63) is 0 Å². The largest absolute Gasteiger partial charge is 0.414 e. The van der Waals surface area contributed by atoms with Gasteiger partial charge in [0.05, 0.1) is 0 Å². The Morgan fingerprint density at radius 2 is 1.16 bits per heavy atom. The van der Waals surface area contributed by atoms with Crippen LogP contribution in [0, 0.1) is 16.2 Å². The lowest BCUT2D eigenvalue weighted by Crippen LogP contribution is -2.54. The van der Waals surface area contributed by atoms with Crippen molar-refractivity contribution in [1.82, 2.24) is 0 Å². The second-order valence-electron chi connectivity index (χ2n) is 7.37. The molecule has 0 aliphatic heterocycles. The molecule has 2 nitrogen and oxygen atoms in total. The van der Waals surface area contributed by atoms with Crippen LogP contribution in [-0.4, -0.2) is 23.7 Å². The van der Waals surface area contributed by atoms with Crippen LogP contribution in [0.3, 0.4) is 0 Å². The fraction of sp³-hybridized carbons (Fsp3) is 1.00. The first-order valence-electron chi connectivity index (χ1n) is 6.45. The zero-order valence-corrected chi connectivity index (χ0v) is 13.1. The molecule has 0 aromatic heterocycles. The van der Waals surface area contributed by atoms with Crippen LogP contribution < -0.4 is 0 Å². The fourth-order valence-electron chi connectivity index (χ4n) is 2.27. The molecule has 0 aromatic rings. The highest BCUT2D eigenvalue weighted by molar-refractivity contribution is 4.97. The van der Waals surface area contributed by atoms with Gasteiger partial charge in [-0.3, -0.25) is 0 Å². The third-order valence-corrected chi connectivity index (χ3v) is 4.40. The van der Waals surface area contributed by atoms with Crippen molar-refractivity contribution in [3.8, 4) is 0 Å². The molecular formula is C14H27F3O2. The van der Waals surface area contributed by atoms with E-state index < -0.39 is 34.8 Å². The van der Waals surface area contributed by atoms with Crippen LogP contribution in [0.25, 0.3) is 0 Å². The van der Waals surface area contributed by atoms with E-state index >= 15 is 0 Å². The Hall–Kier alpha value is -0.290. The third kappa shape index (κ3) is 3.85. The Labute approximate surface area is 114 Å². The maximum absolute atomic E-state index is 12.6. The van der Waals surface area contributed by atoms with Gasteiger partial charge in [-0.1, -0.05) is 48.5 Å². The van der Waals surface area contributed by atoms with Crippen molar-refractivity contribution in [2.75, 3.05) is 0 Å². The minimum atomic E-state index is -4.47. The van der Waals surface area contributed by atoms with Gasteiger partial charge in [-0.15, -0.1) is 0 Å². The number of alkyl halides is 3. The van der Waals surface area contributed by atoms with E-state index in [0.717, 1.165) is 6.92 Å². The molecule has 0 aliphatic rings. The first kappa shape index (κ1) is 18.7. The lowest BCUT2D eigenvalue weighted by atomic mass is 9.54. The molecule has 0 saturated carbocycles. The SMILES string of the molecule is CC(OC(O)C(C)(C(C)(C)C)C(C)(C)C)C(F)(F)F. The Bertz CT molecular complexity index is 283. The summed E-state index contributed by atoms with van der Waals surface area (Å²) in [6, 6.07) is 0. The number of aliphatic hydroxyl groups excluding tert-OH is 1. The van der Waals surface area contributed by atoms with Gasteiger partial charge in [0, 0.05) is 5.41 Å². The second-order valence-corrected chi connectivity index (χ2v) is 7.37. The molecular weight excluding hydrogens is 257 g/mol. The highest BCUT2D eigenvalue weighted by atomic mass is 19.4. The minimum Gasteiger partial charge on any atom is -0.367 e. The van der Waals surface area contributed by atoms with Crippen LogP contribution in [0.4, 0.5) is 13.2 Å². The lowest BCUT2D eigenvalue weighted by molar-refractivity contribution is -0.305. The quantitative estimate of drug-likeness (QED) is 0.780. The molecule has 0 saturated heterocycles. The minimum absolute atomic E-state index is 0.421. The van der Waals surface area contributed by atoms with E-state index in [4.69, 9.17) is 4.74 Å². The van der Waals surface area contributed by atoms with Gasteiger partial charge in [0.15, 0.2) is 12.4 Å². The van der Waals surface area contributed by atoms with Crippen LogP contribution >= 0.6 is 0 Å². The molecule has 0 bridgehead atoms. The summed E-state index contributed by atoms with van der Waals surface area (Å²) in [7, 11) is 0. The third-order valence-electron chi connectivity index (χ3n) is 4.40. The van der Waals surface area contributed by atoms with E-state index in [1.807, 2.05) is 41.5 Å². The summed E-state index contributed by atoms with van der Waals surface area (Å²) in [5.74, 6) is 0. The molecule has 0 heterocycles. The van der Waals surface area contributed by atoms with Crippen molar-refractivity contribution >= 4 is 0 Å². The number of ether oxygens (including phenoxy) is 1. The highest BCUT2D eigenvalue weighted by Gasteiger charge is 2.54. The monoisotopic (exact) mass is 284 g/mol. The molecule has 19 heavy (non-hydrogen) atoms. The number of rotatable bonds is 3. The Balaban J connectivity index is 5.35. The summed E-state index contributed by atoms with van der Waals surface area (Å²) in [6.45, 7) is 14.0. The van der Waals surface area contributed by atoms with Crippen LogP contribution in [0.5, 0.6) is 0 Å². The number of hydrogen-bond donors (Lipinski definition) is 1. The van der Waals surface area contributed by atoms with Gasteiger partial charge >= 0.3 is 6.18 Å². The maximum Gasteiger partial charge on any atom is 0.414 e. The Morgan fingerprint density at radius 1 is 0.842 bits per heavy atom. The van der Waals surface area contributed by atoms with E-state index in [-0.39, 0.29) is 0 Å². The molecule has 5 heteroatoms. The molecule has 0 radical (unpaired) electrons. The predicted octanol–water partition coefficient (Wildman–Crippen LogP) is 4.37. The number of hydrogen-bond acceptors (Lipinski definition) is 2. The molecule has 2 atom stereocenters. The van der Waals surface area contributed by atoms with E-state index in [0.29, 0.717) is 0 Å². The lowest BCUT2D eigenvalue weighted by Gasteiger charge is -2.53. The topological polar surface area (TPSA) is 29.5 Å². The second kappa shape index (κ2) is 5.24. The van der Waals surface area contributed by atoms with Gasteiger partial charge in [0.2, 0.25) is 0 Å². The van der Waals surface area contributed by atoms with Crippen molar-refractivity contribution in [2.45, 2.75) is 74.0 Å². The molecule has 0 rings (SSSR count). The maximum atomic E-state index is 12.6. The smallest absolute Gasteiger partial charge is 0.367 e. The van der Waals surface area contributed by atoms with E-state index in [1.165, 1.54) is 0 Å². The molecule has 0 fully saturated rings. The Morgan fingerprint density at radius 3 is 1.37 bits per heavy atom. The summed E-state index contributed by atoms with van der Waals surface area (Å²) in [6.07, 6.45) is -7.96. The Kier molecular flexibility index (Phi) is 5.16. The fourth-order valence-corrected chi connectivity index (χ4v) is 2.27. The van der Waals surface area contributed by atoms with Gasteiger partial charge in [0.25, 0.3) is 0 Å². The summed E-state index contributed by atoms with van der Waals surface area (Å²) in [5, 5.41) is 10.3. The van der Waals surface area contributed by atoms with E-state index in [2.05, 4.69) is 0 Å². The van der Waals surface area contributed by atoms with Crippen LogP contribution in [0.15, 0.2) is 0 Å². The van der Waals surface area contributed by atoms with Crippen LogP contribution in [0.2, 0.25) is 0 Å². The molecule has 0 amide bonds. The van der Waals surface area contributed by atoms with Gasteiger partial charge in [-0.05, 0) is 17.8 Å². The zero-order chi connectivity index (χ0) is 15.9. The number of halogens is 3. The molecule has 116 valence electrons. The van der Waals surface area contributed by atoms with Gasteiger partial charge < -0.3 is 9.84 Å². The summed E-state index contributed by atoms with van der Waals surface area (Å²) >= 11 is 0. The highest BCUT2D eigenvalue weighted by Crippen LogP contribution is 2.54. The molecule has 0 aliphatic carbocycles.